The van der Waals surface area contributed by atoms with Crippen LogP contribution in [0.25, 0.3) is 0 Å². The van der Waals surface area contributed by atoms with Crippen LogP contribution in [0.5, 0.6) is 0 Å². The molecule has 0 aliphatic heterocycles. The molecule has 0 bridgehead atoms. The van der Waals surface area contributed by atoms with Gasteiger partial charge in [-0.3, -0.25) is 0 Å². The number of benzene rings is 1. The van der Waals surface area contributed by atoms with Crippen LogP contribution >= 0.6 is 0 Å². The molecule has 4 nitrogen and oxygen atoms in total. The van der Waals surface area contributed by atoms with Crippen molar-refractivity contribution in [1.82, 2.24) is 0 Å². The molecule has 0 aliphatic carbocycles. The second kappa shape index (κ2) is 4.23. The summed E-state index contributed by atoms with van der Waals surface area (Å²) in [4.78, 5) is 0. The van der Waals surface area contributed by atoms with Gasteiger partial charge in [-0.15, -0.1) is 0 Å². The monoisotopic (exact) mass is 213 g/mol. The molecule has 0 unspecified atom stereocenters. The van der Waals surface area contributed by atoms with Crippen LogP contribution < -0.4 is 0 Å². The van der Waals surface area contributed by atoms with Crippen LogP contribution in [0.4, 0.5) is 0 Å². The van der Waals surface area contributed by atoms with E-state index in [1.54, 1.807) is 30.3 Å². The van der Waals surface area contributed by atoms with E-state index in [2.05, 4.69) is 5.16 Å². The molecule has 76 valence electrons. The minimum absolute atomic E-state index is 0.160. The SMILES string of the molecule is CS(=O)(=O)C/C(=N\O)c1ccccc1. The molecule has 0 saturated heterocycles. The van der Waals surface area contributed by atoms with E-state index in [0.29, 0.717) is 5.56 Å². The molecular weight excluding hydrogens is 202 g/mol. The summed E-state index contributed by atoms with van der Waals surface area (Å²) in [7, 11) is -3.17. The number of nitrogens with zero attached hydrogens (tertiary/aromatic N) is 1. The van der Waals surface area contributed by atoms with Gasteiger partial charge in [-0.25, -0.2) is 8.42 Å². The molecular formula is C9H11NO3S. The van der Waals surface area contributed by atoms with Crippen LogP contribution in [-0.4, -0.2) is 31.3 Å². The van der Waals surface area contributed by atoms with Crippen molar-refractivity contribution in [3.63, 3.8) is 0 Å². The standard InChI is InChI=1S/C9H11NO3S/c1-14(12,13)7-9(10-11)8-5-3-2-4-6-8/h2-6,11H,7H2,1H3/b10-9+. The lowest BCUT2D eigenvalue weighted by Crippen LogP contribution is -2.15. The quantitative estimate of drug-likeness (QED) is 0.461. The van der Waals surface area contributed by atoms with E-state index >= 15 is 0 Å². The van der Waals surface area contributed by atoms with Gasteiger partial charge in [-0.2, -0.15) is 0 Å². The summed E-state index contributed by atoms with van der Waals surface area (Å²) < 4.78 is 22.0. The van der Waals surface area contributed by atoms with Gasteiger partial charge < -0.3 is 5.21 Å². The zero-order chi connectivity index (χ0) is 10.6. The van der Waals surface area contributed by atoms with Gasteiger partial charge in [0, 0.05) is 11.8 Å². The Morgan fingerprint density at radius 1 is 1.36 bits per heavy atom. The van der Waals surface area contributed by atoms with Gasteiger partial charge in [0.1, 0.15) is 5.71 Å². The zero-order valence-corrected chi connectivity index (χ0v) is 8.53. The summed E-state index contributed by atoms with van der Waals surface area (Å²) in [6.45, 7) is 0. The maximum absolute atomic E-state index is 11.0. The molecule has 0 saturated carbocycles. The topological polar surface area (TPSA) is 66.7 Å². The molecule has 0 radical (unpaired) electrons. The molecule has 0 spiro atoms. The average Bonchev–Trinajstić information content (AvgIpc) is 2.14. The maximum atomic E-state index is 11.0. The van der Waals surface area contributed by atoms with Crippen LogP contribution in [0.3, 0.4) is 0 Å². The zero-order valence-electron chi connectivity index (χ0n) is 7.71. The van der Waals surface area contributed by atoms with Crippen LogP contribution in [0.1, 0.15) is 5.56 Å². The molecule has 1 aromatic rings. The molecule has 0 aliphatic rings. The maximum Gasteiger partial charge on any atom is 0.153 e. The number of sulfone groups is 1. The van der Waals surface area contributed by atoms with E-state index < -0.39 is 9.84 Å². The molecule has 1 aromatic carbocycles. The third-order valence-corrected chi connectivity index (χ3v) is 2.42. The summed E-state index contributed by atoms with van der Waals surface area (Å²) in [6.07, 6.45) is 1.10. The Morgan fingerprint density at radius 2 is 1.93 bits per heavy atom. The summed E-state index contributed by atoms with van der Waals surface area (Å²) in [5, 5.41) is 11.6. The van der Waals surface area contributed by atoms with E-state index in [-0.39, 0.29) is 11.5 Å². The van der Waals surface area contributed by atoms with Crippen molar-refractivity contribution in [2.45, 2.75) is 0 Å². The fourth-order valence-electron chi connectivity index (χ4n) is 1.05. The Labute approximate surface area is 82.8 Å². The fourth-order valence-corrected chi connectivity index (χ4v) is 1.77. The minimum Gasteiger partial charge on any atom is -0.411 e. The molecule has 0 heterocycles. The van der Waals surface area contributed by atoms with Gasteiger partial charge in [0.05, 0.1) is 5.75 Å². The lowest BCUT2D eigenvalue weighted by Gasteiger charge is -2.02. The smallest absolute Gasteiger partial charge is 0.153 e. The molecule has 5 heteroatoms. The van der Waals surface area contributed by atoms with Crippen molar-refractivity contribution in [1.29, 1.82) is 0 Å². The van der Waals surface area contributed by atoms with E-state index in [1.165, 1.54) is 0 Å². The second-order valence-electron chi connectivity index (χ2n) is 2.98. The molecule has 1 N–H and O–H groups in total. The Kier molecular flexibility index (Phi) is 3.24. The number of hydrogen-bond acceptors (Lipinski definition) is 4. The van der Waals surface area contributed by atoms with Crippen LogP contribution in [0.2, 0.25) is 0 Å². The first-order chi connectivity index (χ1) is 6.53. The predicted octanol–water partition coefficient (Wildman–Crippen LogP) is 0.910. The van der Waals surface area contributed by atoms with E-state index in [9.17, 15) is 8.42 Å². The number of oxime groups is 1. The lowest BCUT2D eigenvalue weighted by molar-refractivity contribution is 0.319. The Morgan fingerprint density at radius 3 is 2.36 bits per heavy atom. The van der Waals surface area contributed by atoms with Crippen molar-refractivity contribution < 1.29 is 13.6 Å². The highest BCUT2D eigenvalue weighted by molar-refractivity contribution is 7.91. The summed E-state index contributed by atoms with van der Waals surface area (Å²) >= 11 is 0. The van der Waals surface area contributed by atoms with Crippen LogP contribution in [0, 0.1) is 0 Å². The lowest BCUT2D eigenvalue weighted by atomic mass is 10.1. The normalized spacial score (nSPS) is 12.8. The third-order valence-electron chi connectivity index (χ3n) is 1.63. The van der Waals surface area contributed by atoms with Gasteiger partial charge >= 0.3 is 0 Å². The first-order valence-corrected chi connectivity index (χ1v) is 6.03. The van der Waals surface area contributed by atoms with Crippen molar-refractivity contribution >= 4 is 15.5 Å². The van der Waals surface area contributed by atoms with Crippen LogP contribution in [-0.2, 0) is 9.84 Å². The van der Waals surface area contributed by atoms with E-state index in [4.69, 9.17) is 5.21 Å². The molecule has 0 fully saturated rings. The Bertz CT molecular complexity index is 423. The predicted molar refractivity (Wildman–Crippen MR) is 54.5 cm³/mol. The summed E-state index contributed by atoms with van der Waals surface area (Å²) in [6, 6.07) is 8.70. The van der Waals surface area contributed by atoms with Gasteiger partial charge in [-0.05, 0) is 0 Å². The number of hydrogen-bond donors (Lipinski definition) is 1. The fraction of sp³-hybridized carbons (Fsp3) is 0.222. The van der Waals surface area contributed by atoms with Gasteiger partial charge in [0.25, 0.3) is 0 Å². The Hall–Kier alpha value is -1.36. The molecule has 0 amide bonds. The first-order valence-electron chi connectivity index (χ1n) is 3.97. The van der Waals surface area contributed by atoms with Gasteiger partial charge in [0.15, 0.2) is 9.84 Å². The van der Waals surface area contributed by atoms with Crippen LogP contribution in [0.15, 0.2) is 35.5 Å². The van der Waals surface area contributed by atoms with Crippen molar-refractivity contribution in [2.24, 2.45) is 5.16 Å². The minimum atomic E-state index is -3.17. The van der Waals surface area contributed by atoms with Crippen molar-refractivity contribution in [2.75, 3.05) is 12.0 Å². The Balaban J connectivity index is 2.97. The van der Waals surface area contributed by atoms with E-state index in [0.717, 1.165) is 6.26 Å². The summed E-state index contributed by atoms with van der Waals surface area (Å²) in [5.41, 5.74) is 0.772. The number of rotatable bonds is 3. The first kappa shape index (κ1) is 10.7. The highest BCUT2D eigenvalue weighted by Crippen LogP contribution is 2.03. The van der Waals surface area contributed by atoms with Gasteiger partial charge in [0.2, 0.25) is 0 Å². The van der Waals surface area contributed by atoms with E-state index in [1.807, 2.05) is 0 Å². The largest absolute Gasteiger partial charge is 0.411 e. The molecule has 14 heavy (non-hydrogen) atoms. The summed E-state index contributed by atoms with van der Waals surface area (Å²) in [5.74, 6) is -0.256. The molecule has 0 atom stereocenters. The highest BCUT2D eigenvalue weighted by atomic mass is 32.2. The van der Waals surface area contributed by atoms with Gasteiger partial charge in [-0.1, -0.05) is 35.5 Å². The molecule has 1 rings (SSSR count). The van der Waals surface area contributed by atoms with Crippen molar-refractivity contribution in [3.8, 4) is 0 Å². The second-order valence-corrected chi connectivity index (χ2v) is 5.12. The van der Waals surface area contributed by atoms with Crippen molar-refractivity contribution in [3.05, 3.63) is 35.9 Å². The third kappa shape index (κ3) is 3.18. The highest BCUT2D eigenvalue weighted by Gasteiger charge is 2.11. The average molecular weight is 213 g/mol. The molecule has 0 aromatic heterocycles.